The fourth-order valence-corrected chi connectivity index (χ4v) is 6.69. The fraction of sp³-hybridized carbons (Fsp3) is 0.700. The van der Waals surface area contributed by atoms with Crippen LogP contribution < -0.4 is 0 Å². The average Bonchev–Trinajstić information content (AvgIpc) is 2.96. The molecule has 8 nitrogen and oxygen atoms in total. The number of carbonyl (C=O) groups is 2. The van der Waals surface area contributed by atoms with Crippen LogP contribution in [0.2, 0.25) is 0 Å². The number of aliphatic hydroxyl groups is 1. The molecule has 0 amide bonds. The zero-order valence-corrected chi connectivity index (χ0v) is 17.4. The Morgan fingerprint density at radius 1 is 1.38 bits per heavy atom. The number of carbonyl (C=O) groups excluding carboxylic acids is 2. The average molecular weight is 426 g/mol. The summed E-state index contributed by atoms with van der Waals surface area (Å²) in [5.74, 6) is -0.469. The van der Waals surface area contributed by atoms with Crippen LogP contribution in [0.15, 0.2) is 23.8 Å². The van der Waals surface area contributed by atoms with Crippen molar-refractivity contribution in [2.45, 2.75) is 45.3 Å². The summed E-state index contributed by atoms with van der Waals surface area (Å²) in [6.45, 7) is 3.61. The number of phosphoric ester groups is 1. The van der Waals surface area contributed by atoms with Crippen molar-refractivity contribution in [1.82, 2.24) is 0 Å². The molecule has 1 heterocycles. The van der Waals surface area contributed by atoms with Gasteiger partial charge >= 0.3 is 7.82 Å². The molecule has 1 aliphatic heterocycles. The molecule has 0 aromatic rings. The van der Waals surface area contributed by atoms with E-state index in [1.54, 1.807) is 12.2 Å². The first-order valence-corrected chi connectivity index (χ1v) is 11.5. The molecule has 3 fully saturated rings. The van der Waals surface area contributed by atoms with Crippen molar-refractivity contribution < 1.29 is 38.3 Å². The van der Waals surface area contributed by atoms with Gasteiger partial charge in [-0.15, -0.1) is 0 Å². The first kappa shape index (κ1) is 21.1. The van der Waals surface area contributed by atoms with E-state index in [9.17, 15) is 19.3 Å². The quantitative estimate of drug-likeness (QED) is 0.577. The van der Waals surface area contributed by atoms with Gasteiger partial charge in [0.25, 0.3) is 0 Å². The second-order valence-electron chi connectivity index (χ2n) is 9.24. The molecule has 160 valence electrons. The van der Waals surface area contributed by atoms with Crippen LogP contribution in [0.4, 0.5) is 0 Å². The van der Waals surface area contributed by atoms with Crippen LogP contribution >= 0.6 is 7.82 Å². The number of phosphoric acid groups is 1. The molecule has 0 bridgehead atoms. The Balaban J connectivity index is 1.60. The molecule has 0 aromatic heterocycles. The normalized spacial score (nSPS) is 44.0. The topological polar surface area (TPSA) is 130 Å². The number of fused-ring (bicyclic) bond motifs is 5. The Bertz CT molecular complexity index is 843. The van der Waals surface area contributed by atoms with Gasteiger partial charge in [0, 0.05) is 16.7 Å². The minimum absolute atomic E-state index is 0.0222. The largest absolute Gasteiger partial charge is 0.470 e. The van der Waals surface area contributed by atoms with E-state index in [1.165, 1.54) is 0 Å². The summed E-state index contributed by atoms with van der Waals surface area (Å²) in [5, 5.41) is 11.2. The molecule has 9 heteroatoms. The van der Waals surface area contributed by atoms with Crippen molar-refractivity contribution in [2.24, 2.45) is 28.6 Å². The maximum atomic E-state index is 12.6. The van der Waals surface area contributed by atoms with E-state index in [0.29, 0.717) is 13.0 Å². The Kier molecular flexibility index (Phi) is 5.05. The summed E-state index contributed by atoms with van der Waals surface area (Å²) in [6.07, 6.45) is 5.52. The van der Waals surface area contributed by atoms with Gasteiger partial charge in [-0.2, -0.15) is 0 Å². The number of rotatable bonds is 4. The molecular weight excluding hydrogens is 399 g/mol. The highest BCUT2D eigenvalue weighted by Crippen LogP contribution is 2.63. The lowest BCUT2D eigenvalue weighted by molar-refractivity contribution is -0.142. The van der Waals surface area contributed by atoms with Crippen LogP contribution in [0, 0.1) is 28.6 Å². The van der Waals surface area contributed by atoms with E-state index < -0.39 is 43.3 Å². The summed E-state index contributed by atoms with van der Waals surface area (Å²) in [5.41, 5.74) is 0.0146. The molecule has 29 heavy (non-hydrogen) atoms. The van der Waals surface area contributed by atoms with E-state index in [0.717, 1.165) is 18.4 Å². The number of ether oxygens (including phenoxy) is 1. The van der Waals surface area contributed by atoms with Crippen LogP contribution in [0.25, 0.3) is 0 Å². The highest BCUT2D eigenvalue weighted by atomic mass is 31.2. The first-order chi connectivity index (χ1) is 13.5. The zero-order valence-electron chi connectivity index (χ0n) is 16.5. The van der Waals surface area contributed by atoms with Gasteiger partial charge < -0.3 is 19.6 Å². The molecule has 0 aromatic carbocycles. The molecule has 0 radical (unpaired) electrons. The van der Waals surface area contributed by atoms with Gasteiger partial charge in [0.05, 0.1) is 12.7 Å². The summed E-state index contributed by atoms with van der Waals surface area (Å²) in [4.78, 5) is 42.2. The first-order valence-electron chi connectivity index (χ1n) is 9.92. The molecule has 0 spiro atoms. The Hall–Kier alpha value is -1.15. The van der Waals surface area contributed by atoms with E-state index >= 15 is 0 Å². The SMILES string of the molecule is CC12C=CC(=O)C=C1CCC1C2C(O)CC2(C)C1CO[C@@H]2C(=O)COP(=O)(O)O. The van der Waals surface area contributed by atoms with Crippen molar-refractivity contribution in [3.05, 3.63) is 23.8 Å². The van der Waals surface area contributed by atoms with Crippen molar-refractivity contribution in [2.75, 3.05) is 13.2 Å². The summed E-state index contributed by atoms with van der Waals surface area (Å²) < 4.78 is 21.2. The number of allylic oxidation sites excluding steroid dienone is 4. The van der Waals surface area contributed by atoms with Gasteiger partial charge in [-0.05, 0) is 43.3 Å². The molecule has 7 atom stereocenters. The highest BCUT2D eigenvalue weighted by Gasteiger charge is 2.63. The molecular formula is C20H27O8P. The van der Waals surface area contributed by atoms with Crippen LogP contribution in [0.5, 0.6) is 0 Å². The number of hydrogen-bond acceptors (Lipinski definition) is 6. The standard InChI is InChI=1S/C20H27O8P/c1-19-6-5-12(21)7-11(19)3-4-13-14-9-27-18(16(23)10-28-29(24,25)26)20(14,2)8-15(22)17(13)19/h5-7,13-15,17-18,22H,3-4,8-10H2,1-2H3,(H2,24,25,26)/t13?,14?,15?,17?,18-,19?,20?/m1/s1. The fourth-order valence-electron chi connectivity index (χ4n) is 6.40. The number of hydrogen-bond donors (Lipinski definition) is 3. The van der Waals surface area contributed by atoms with Gasteiger partial charge in [-0.25, -0.2) is 4.57 Å². The minimum atomic E-state index is -4.75. The van der Waals surface area contributed by atoms with Crippen LogP contribution in [-0.4, -0.2) is 51.9 Å². The lowest BCUT2D eigenvalue weighted by Crippen LogP contribution is -2.57. The molecule has 3 N–H and O–H groups in total. The van der Waals surface area contributed by atoms with Crippen LogP contribution in [-0.2, 0) is 23.4 Å². The minimum Gasteiger partial charge on any atom is -0.393 e. The summed E-state index contributed by atoms with van der Waals surface area (Å²) in [7, 11) is -4.75. The predicted molar refractivity (Wildman–Crippen MR) is 102 cm³/mol. The van der Waals surface area contributed by atoms with E-state index in [1.807, 2.05) is 13.0 Å². The maximum absolute atomic E-state index is 12.6. The van der Waals surface area contributed by atoms with Gasteiger partial charge in [0.1, 0.15) is 12.7 Å². The van der Waals surface area contributed by atoms with E-state index in [-0.39, 0.29) is 23.5 Å². The monoisotopic (exact) mass is 426 g/mol. The molecule has 4 rings (SSSR count). The van der Waals surface area contributed by atoms with Gasteiger partial charge in [-0.1, -0.05) is 25.5 Å². The third-order valence-corrected chi connectivity index (χ3v) is 8.10. The van der Waals surface area contributed by atoms with Gasteiger partial charge in [0.15, 0.2) is 11.6 Å². The lowest BCUT2D eigenvalue weighted by Gasteiger charge is -2.57. The second-order valence-corrected chi connectivity index (χ2v) is 10.5. The smallest absolute Gasteiger partial charge is 0.393 e. The lowest BCUT2D eigenvalue weighted by atomic mass is 9.47. The molecule has 2 saturated carbocycles. The molecule has 3 aliphatic carbocycles. The second kappa shape index (κ2) is 6.94. The number of Topliss-reactive ketones (excluding diaryl/α,β-unsaturated/α-hetero) is 1. The Morgan fingerprint density at radius 2 is 2.10 bits per heavy atom. The Labute approximate surface area is 169 Å². The number of ketones is 2. The molecule has 6 unspecified atom stereocenters. The van der Waals surface area contributed by atoms with Crippen molar-refractivity contribution >= 4 is 19.4 Å². The summed E-state index contributed by atoms with van der Waals surface area (Å²) in [6, 6.07) is 0. The van der Waals surface area contributed by atoms with E-state index in [4.69, 9.17) is 14.5 Å². The van der Waals surface area contributed by atoms with Crippen LogP contribution in [0.3, 0.4) is 0 Å². The van der Waals surface area contributed by atoms with Crippen LogP contribution in [0.1, 0.15) is 33.1 Å². The highest BCUT2D eigenvalue weighted by molar-refractivity contribution is 7.46. The van der Waals surface area contributed by atoms with E-state index in [2.05, 4.69) is 11.4 Å². The predicted octanol–water partition coefficient (Wildman–Crippen LogP) is 1.55. The third kappa shape index (κ3) is 3.40. The van der Waals surface area contributed by atoms with Crippen molar-refractivity contribution in [3.63, 3.8) is 0 Å². The number of aliphatic hydroxyl groups excluding tert-OH is 1. The van der Waals surface area contributed by atoms with Crippen molar-refractivity contribution in [3.8, 4) is 0 Å². The molecule has 1 saturated heterocycles. The third-order valence-electron chi connectivity index (χ3n) is 7.64. The van der Waals surface area contributed by atoms with Gasteiger partial charge in [-0.3, -0.25) is 14.1 Å². The Morgan fingerprint density at radius 3 is 2.79 bits per heavy atom. The maximum Gasteiger partial charge on any atom is 0.470 e. The molecule has 4 aliphatic rings. The summed E-state index contributed by atoms with van der Waals surface area (Å²) >= 11 is 0. The van der Waals surface area contributed by atoms with Gasteiger partial charge in [0.2, 0.25) is 0 Å². The zero-order chi connectivity index (χ0) is 21.2. The van der Waals surface area contributed by atoms with Crippen molar-refractivity contribution in [1.29, 1.82) is 0 Å².